The zero-order valence-corrected chi connectivity index (χ0v) is 12.1. The summed E-state index contributed by atoms with van der Waals surface area (Å²) >= 11 is 0. The highest BCUT2D eigenvalue weighted by Crippen LogP contribution is 2.26. The van der Waals surface area contributed by atoms with Crippen molar-refractivity contribution in [1.29, 1.82) is 0 Å². The van der Waals surface area contributed by atoms with E-state index in [1.807, 2.05) is 6.07 Å². The van der Waals surface area contributed by atoms with Crippen molar-refractivity contribution in [2.24, 2.45) is 0 Å². The fourth-order valence-corrected chi connectivity index (χ4v) is 3.20. The summed E-state index contributed by atoms with van der Waals surface area (Å²) < 4.78 is 0. The molecule has 0 aromatic heterocycles. The molecule has 0 saturated carbocycles. The Morgan fingerprint density at radius 1 is 1.00 bits per heavy atom. The van der Waals surface area contributed by atoms with Crippen LogP contribution in [-0.4, -0.2) is 12.3 Å². The van der Waals surface area contributed by atoms with Gasteiger partial charge < -0.3 is 5.32 Å². The molecule has 0 fully saturated rings. The molecule has 1 heterocycles. The fourth-order valence-electron chi connectivity index (χ4n) is 3.20. The van der Waals surface area contributed by atoms with Crippen molar-refractivity contribution < 1.29 is 4.79 Å². The van der Waals surface area contributed by atoms with Crippen LogP contribution in [0.5, 0.6) is 0 Å². The summed E-state index contributed by atoms with van der Waals surface area (Å²) in [7, 11) is 0. The third-order valence-corrected chi connectivity index (χ3v) is 4.39. The highest BCUT2D eigenvalue weighted by atomic mass is 16.1. The van der Waals surface area contributed by atoms with Crippen LogP contribution in [0.15, 0.2) is 29.8 Å². The Bertz CT molecular complexity index is 530. The number of carbonyl (C=O) groups is 1. The van der Waals surface area contributed by atoms with E-state index in [2.05, 4.69) is 23.5 Å². The van der Waals surface area contributed by atoms with Gasteiger partial charge in [0.1, 0.15) is 0 Å². The van der Waals surface area contributed by atoms with E-state index in [0.29, 0.717) is 0 Å². The molecule has 0 spiro atoms. The van der Waals surface area contributed by atoms with Crippen LogP contribution in [0.2, 0.25) is 0 Å². The normalized spacial score (nSPS) is 21.7. The maximum atomic E-state index is 12.7. The molecular formula is C18H23NO. The Morgan fingerprint density at radius 3 is 2.85 bits per heavy atom. The molecule has 0 unspecified atom stereocenters. The van der Waals surface area contributed by atoms with E-state index in [9.17, 15) is 4.79 Å². The summed E-state index contributed by atoms with van der Waals surface area (Å²) in [6.45, 7) is 1.05. The van der Waals surface area contributed by atoms with E-state index in [-0.39, 0.29) is 5.78 Å². The van der Waals surface area contributed by atoms with E-state index in [4.69, 9.17) is 0 Å². The number of carbonyl (C=O) groups excluding carboxylic acids is 1. The summed E-state index contributed by atoms with van der Waals surface area (Å²) in [6.07, 6.45) is 11.4. The molecule has 106 valence electrons. The van der Waals surface area contributed by atoms with Gasteiger partial charge in [0.25, 0.3) is 0 Å². The van der Waals surface area contributed by atoms with E-state index in [1.165, 1.54) is 30.5 Å². The van der Waals surface area contributed by atoms with Crippen LogP contribution in [0.25, 0.3) is 0 Å². The summed E-state index contributed by atoms with van der Waals surface area (Å²) in [6, 6.07) is 6.16. The molecule has 3 rings (SSSR count). The van der Waals surface area contributed by atoms with E-state index in [1.54, 1.807) is 0 Å². The lowest BCUT2D eigenvalue weighted by Gasteiger charge is -2.19. The topological polar surface area (TPSA) is 29.1 Å². The van der Waals surface area contributed by atoms with Gasteiger partial charge >= 0.3 is 0 Å². The molecule has 20 heavy (non-hydrogen) atoms. The number of fused-ring (bicyclic) bond motifs is 1. The Kier molecular flexibility index (Phi) is 4.19. The van der Waals surface area contributed by atoms with Gasteiger partial charge in [-0.1, -0.05) is 18.9 Å². The predicted molar refractivity (Wildman–Crippen MR) is 83.4 cm³/mol. The van der Waals surface area contributed by atoms with Crippen molar-refractivity contribution in [2.75, 3.05) is 11.9 Å². The molecule has 2 aliphatic rings. The van der Waals surface area contributed by atoms with Crippen molar-refractivity contribution in [3.8, 4) is 0 Å². The molecule has 0 radical (unpaired) electrons. The average Bonchev–Trinajstić information content (AvgIpc) is 2.46. The van der Waals surface area contributed by atoms with Gasteiger partial charge in [0, 0.05) is 17.8 Å². The third kappa shape index (κ3) is 2.95. The maximum Gasteiger partial charge on any atom is 0.188 e. The van der Waals surface area contributed by atoms with Crippen molar-refractivity contribution in [3.63, 3.8) is 0 Å². The number of hydrogen-bond acceptors (Lipinski definition) is 2. The standard InChI is InChI=1S/C18H23NO/c20-18(14-7-4-2-1-3-5-8-14)16-10-11-17-15(13-16)9-6-12-19-17/h7,10-11,13,19H,1-6,8-9,12H2/b14-7+. The number of rotatable bonds is 2. The monoisotopic (exact) mass is 269 g/mol. The molecule has 1 N–H and O–H groups in total. The zero-order valence-electron chi connectivity index (χ0n) is 12.1. The van der Waals surface area contributed by atoms with Gasteiger partial charge in [0.2, 0.25) is 0 Å². The molecule has 0 saturated heterocycles. The van der Waals surface area contributed by atoms with E-state index < -0.39 is 0 Å². The molecule has 1 aromatic carbocycles. The number of anilines is 1. The molecule has 2 nitrogen and oxygen atoms in total. The minimum atomic E-state index is 0.250. The molecular weight excluding hydrogens is 246 g/mol. The van der Waals surface area contributed by atoms with E-state index >= 15 is 0 Å². The first-order chi connectivity index (χ1) is 9.84. The highest BCUT2D eigenvalue weighted by molar-refractivity contribution is 6.09. The van der Waals surface area contributed by atoms with Gasteiger partial charge in [0.05, 0.1) is 0 Å². The van der Waals surface area contributed by atoms with Crippen LogP contribution in [0.1, 0.15) is 60.9 Å². The fraction of sp³-hybridized carbons (Fsp3) is 0.500. The number of aryl methyl sites for hydroxylation is 1. The van der Waals surface area contributed by atoms with Crippen molar-refractivity contribution in [3.05, 3.63) is 41.0 Å². The van der Waals surface area contributed by atoms with Crippen LogP contribution in [0.3, 0.4) is 0 Å². The van der Waals surface area contributed by atoms with Crippen LogP contribution < -0.4 is 5.32 Å². The van der Waals surface area contributed by atoms with Crippen LogP contribution >= 0.6 is 0 Å². The second-order valence-corrected chi connectivity index (χ2v) is 5.91. The minimum absolute atomic E-state index is 0.250. The number of hydrogen-bond donors (Lipinski definition) is 1. The molecule has 0 amide bonds. The van der Waals surface area contributed by atoms with Crippen molar-refractivity contribution in [2.45, 2.75) is 51.4 Å². The summed E-state index contributed by atoms with van der Waals surface area (Å²) in [4.78, 5) is 12.7. The van der Waals surface area contributed by atoms with Crippen LogP contribution in [0, 0.1) is 0 Å². The lowest BCUT2D eigenvalue weighted by molar-refractivity contribution is 0.102. The van der Waals surface area contributed by atoms with Gasteiger partial charge in [-0.15, -0.1) is 0 Å². The zero-order chi connectivity index (χ0) is 13.8. The number of allylic oxidation sites excluding steroid dienone is 2. The van der Waals surface area contributed by atoms with Crippen LogP contribution in [-0.2, 0) is 6.42 Å². The van der Waals surface area contributed by atoms with Crippen molar-refractivity contribution in [1.82, 2.24) is 0 Å². The average molecular weight is 269 g/mol. The third-order valence-electron chi connectivity index (χ3n) is 4.39. The number of benzene rings is 1. The Hall–Kier alpha value is -1.57. The SMILES string of the molecule is O=C(/C1=C/CCCCCC1)c1ccc2c(c1)CCCN2. The minimum Gasteiger partial charge on any atom is -0.385 e. The number of nitrogens with one attached hydrogen (secondary N) is 1. The van der Waals surface area contributed by atoms with Crippen LogP contribution in [0.4, 0.5) is 5.69 Å². The molecule has 2 heteroatoms. The maximum absolute atomic E-state index is 12.7. The Morgan fingerprint density at radius 2 is 1.90 bits per heavy atom. The number of ketones is 1. The smallest absolute Gasteiger partial charge is 0.188 e. The summed E-state index contributed by atoms with van der Waals surface area (Å²) in [5.41, 5.74) is 4.42. The van der Waals surface area contributed by atoms with Gasteiger partial charge in [-0.05, 0) is 67.9 Å². The lowest BCUT2D eigenvalue weighted by atomic mass is 9.92. The Labute approximate surface area is 121 Å². The second kappa shape index (κ2) is 6.25. The molecule has 1 aliphatic carbocycles. The first kappa shape index (κ1) is 13.4. The highest BCUT2D eigenvalue weighted by Gasteiger charge is 2.16. The largest absolute Gasteiger partial charge is 0.385 e. The molecule has 1 aromatic rings. The molecule has 0 bridgehead atoms. The van der Waals surface area contributed by atoms with E-state index in [0.717, 1.165) is 49.8 Å². The molecule has 1 aliphatic heterocycles. The summed E-state index contributed by atoms with van der Waals surface area (Å²) in [5, 5.41) is 3.40. The summed E-state index contributed by atoms with van der Waals surface area (Å²) in [5.74, 6) is 0.250. The molecule has 0 atom stereocenters. The second-order valence-electron chi connectivity index (χ2n) is 5.91. The first-order valence-corrected chi connectivity index (χ1v) is 7.95. The lowest BCUT2D eigenvalue weighted by Crippen LogP contribution is -2.13. The quantitative estimate of drug-likeness (QED) is 0.800. The Balaban J connectivity index is 1.82. The predicted octanol–water partition coefficient (Wildman–Crippen LogP) is 4.51. The van der Waals surface area contributed by atoms with Gasteiger partial charge in [0.15, 0.2) is 5.78 Å². The number of Topliss-reactive ketones (excluding diaryl/α,β-unsaturated/α-hetero) is 1. The van der Waals surface area contributed by atoms with Crippen molar-refractivity contribution >= 4 is 11.5 Å². The van der Waals surface area contributed by atoms with Gasteiger partial charge in [-0.25, -0.2) is 0 Å². The first-order valence-electron chi connectivity index (χ1n) is 7.95. The van der Waals surface area contributed by atoms with Gasteiger partial charge in [-0.2, -0.15) is 0 Å². The van der Waals surface area contributed by atoms with Gasteiger partial charge in [-0.3, -0.25) is 4.79 Å².